The Balaban J connectivity index is 0.00000137. The Kier molecular flexibility index (Phi) is 8.71. The summed E-state index contributed by atoms with van der Waals surface area (Å²) in [5.74, 6) is 1.41. The van der Waals surface area contributed by atoms with Crippen LogP contribution in [-0.4, -0.2) is 17.2 Å². The van der Waals surface area contributed by atoms with E-state index in [1.54, 1.807) is 24.3 Å². The number of hydrogen-bond donors (Lipinski definition) is 2. The summed E-state index contributed by atoms with van der Waals surface area (Å²) in [5, 5.41) is 17.8. The molecule has 0 saturated carbocycles. The van der Waals surface area contributed by atoms with Crippen molar-refractivity contribution < 1.29 is 14.8 Å². The highest BCUT2D eigenvalue weighted by Crippen LogP contribution is 2.12. The zero-order chi connectivity index (χ0) is 14.0. The Morgan fingerprint density at radius 3 is 2.06 bits per heavy atom. The molecule has 3 nitrogen and oxygen atoms in total. The van der Waals surface area contributed by atoms with Crippen molar-refractivity contribution in [3.8, 4) is 5.75 Å². The second-order valence-corrected chi connectivity index (χ2v) is 3.24. The molecular formula is C14H21BO3. The molecule has 1 aromatic carbocycles. The van der Waals surface area contributed by atoms with Gasteiger partial charge in [0, 0.05) is 0 Å². The van der Waals surface area contributed by atoms with Crippen molar-refractivity contribution in [2.24, 2.45) is 0 Å². The average Bonchev–Trinajstić information content (AvgIpc) is 2.41. The van der Waals surface area contributed by atoms with Gasteiger partial charge < -0.3 is 14.8 Å². The molecule has 98 valence electrons. The van der Waals surface area contributed by atoms with Crippen LogP contribution in [0.5, 0.6) is 5.75 Å². The highest BCUT2D eigenvalue weighted by molar-refractivity contribution is 6.58. The minimum atomic E-state index is -1.44. The van der Waals surface area contributed by atoms with Crippen molar-refractivity contribution in [1.82, 2.24) is 0 Å². The van der Waals surface area contributed by atoms with Crippen molar-refractivity contribution in [3.05, 3.63) is 48.3 Å². The molecule has 0 fully saturated rings. The van der Waals surface area contributed by atoms with E-state index in [0.717, 1.165) is 5.76 Å². The highest BCUT2D eigenvalue weighted by atomic mass is 16.5. The molecular weight excluding hydrogens is 227 g/mol. The van der Waals surface area contributed by atoms with E-state index in [1.807, 2.05) is 45.9 Å². The smallest absolute Gasteiger partial charge is 0.458 e. The summed E-state index contributed by atoms with van der Waals surface area (Å²) in [6.07, 6.45) is 5.60. The number of allylic oxidation sites excluding steroid dienone is 3. The van der Waals surface area contributed by atoms with Crippen molar-refractivity contribution in [1.29, 1.82) is 0 Å². The molecule has 0 unspecified atom stereocenters. The Labute approximate surface area is 110 Å². The molecule has 0 aliphatic heterocycles. The quantitative estimate of drug-likeness (QED) is 0.488. The molecule has 0 atom stereocenters. The Hall–Kier alpha value is -1.52. The zero-order valence-electron chi connectivity index (χ0n) is 11.4. The first-order chi connectivity index (χ1) is 8.67. The lowest BCUT2D eigenvalue weighted by molar-refractivity contribution is 0.425. The number of rotatable bonds is 4. The molecule has 4 heteroatoms. The van der Waals surface area contributed by atoms with E-state index in [0.29, 0.717) is 11.2 Å². The van der Waals surface area contributed by atoms with Crippen molar-refractivity contribution in [3.63, 3.8) is 0 Å². The predicted octanol–water partition coefficient (Wildman–Crippen LogP) is 2.25. The SMILES string of the molecule is C/C=C\C(=C/C)Oc1ccc(B(O)O)cc1.CC. The largest absolute Gasteiger partial charge is 0.488 e. The normalized spacial score (nSPS) is 10.9. The van der Waals surface area contributed by atoms with Gasteiger partial charge in [-0.05, 0) is 43.6 Å². The van der Waals surface area contributed by atoms with Crippen LogP contribution in [0.15, 0.2) is 48.3 Å². The lowest BCUT2D eigenvalue weighted by atomic mass is 9.80. The van der Waals surface area contributed by atoms with E-state index >= 15 is 0 Å². The lowest BCUT2D eigenvalue weighted by Crippen LogP contribution is -2.29. The molecule has 0 aliphatic carbocycles. The van der Waals surface area contributed by atoms with Gasteiger partial charge in [0.05, 0.1) is 0 Å². The fourth-order valence-electron chi connectivity index (χ4n) is 1.20. The molecule has 0 amide bonds. The van der Waals surface area contributed by atoms with E-state index in [4.69, 9.17) is 14.8 Å². The van der Waals surface area contributed by atoms with Crippen LogP contribution in [-0.2, 0) is 0 Å². The van der Waals surface area contributed by atoms with Crippen LogP contribution in [0.1, 0.15) is 27.7 Å². The summed E-state index contributed by atoms with van der Waals surface area (Å²) in [6.45, 7) is 7.80. The van der Waals surface area contributed by atoms with Gasteiger partial charge in [0.1, 0.15) is 11.5 Å². The van der Waals surface area contributed by atoms with Crippen LogP contribution >= 0.6 is 0 Å². The number of benzene rings is 1. The minimum Gasteiger partial charge on any atom is -0.458 e. The van der Waals surface area contributed by atoms with Gasteiger partial charge in [-0.2, -0.15) is 0 Å². The summed E-state index contributed by atoms with van der Waals surface area (Å²) < 4.78 is 5.55. The predicted molar refractivity (Wildman–Crippen MR) is 76.8 cm³/mol. The molecule has 0 aromatic heterocycles. The van der Waals surface area contributed by atoms with Crippen molar-refractivity contribution in [2.75, 3.05) is 0 Å². The summed E-state index contributed by atoms with van der Waals surface area (Å²) >= 11 is 0. The van der Waals surface area contributed by atoms with E-state index in [-0.39, 0.29) is 0 Å². The lowest BCUT2D eigenvalue weighted by Gasteiger charge is -2.06. The van der Waals surface area contributed by atoms with Crippen LogP contribution in [0.4, 0.5) is 0 Å². The van der Waals surface area contributed by atoms with Gasteiger partial charge in [0.15, 0.2) is 0 Å². The minimum absolute atomic E-state index is 0.445. The molecule has 1 rings (SSSR count). The third-order valence-corrected chi connectivity index (χ3v) is 2.03. The van der Waals surface area contributed by atoms with Crippen LogP contribution in [0.25, 0.3) is 0 Å². The Bertz CT molecular complexity index is 381. The van der Waals surface area contributed by atoms with Crippen molar-refractivity contribution in [2.45, 2.75) is 27.7 Å². The fraction of sp³-hybridized carbons (Fsp3) is 0.286. The fourth-order valence-corrected chi connectivity index (χ4v) is 1.20. The number of hydrogen-bond acceptors (Lipinski definition) is 3. The molecule has 0 saturated heterocycles. The Morgan fingerprint density at radius 2 is 1.67 bits per heavy atom. The maximum absolute atomic E-state index is 8.92. The van der Waals surface area contributed by atoms with E-state index < -0.39 is 7.12 Å². The molecule has 0 aliphatic rings. The molecule has 18 heavy (non-hydrogen) atoms. The van der Waals surface area contributed by atoms with Gasteiger partial charge in [0.25, 0.3) is 0 Å². The van der Waals surface area contributed by atoms with E-state index in [2.05, 4.69) is 0 Å². The van der Waals surface area contributed by atoms with Gasteiger partial charge in [-0.25, -0.2) is 0 Å². The first-order valence-electron chi connectivity index (χ1n) is 6.10. The van der Waals surface area contributed by atoms with Crippen LogP contribution in [0.3, 0.4) is 0 Å². The topological polar surface area (TPSA) is 49.7 Å². The molecule has 1 aromatic rings. The third kappa shape index (κ3) is 5.71. The first-order valence-corrected chi connectivity index (χ1v) is 6.10. The molecule has 0 spiro atoms. The maximum Gasteiger partial charge on any atom is 0.488 e. The van der Waals surface area contributed by atoms with Gasteiger partial charge >= 0.3 is 7.12 Å². The maximum atomic E-state index is 8.92. The van der Waals surface area contributed by atoms with Crippen molar-refractivity contribution >= 4 is 12.6 Å². The zero-order valence-corrected chi connectivity index (χ0v) is 11.4. The standard InChI is InChI=1S/C12H15BO3.C2H6/c1-3-5-11(4-2)16-12-8-6-10(7-9-12)13(14)15;1-2/h3-9,14-15H,1-2H3;1-2H3/b5-3-,11-4+;. The monoisotopic (exact) mass is 248 g/mol. The summed E-state index contributed by atoms with van der Waals surface area (Å²) in [7, 11) is -1.44. The summed E-state index contributed by atoms with van der Waals surface area (Å²) in [6, 6.07) is 6.62. The van der Waals surface area contributed by atoms with Crippen LogP contribution in [0, 0.1) is 0 Å². The summed E-state index contributed by atoms with van der Waals surface area (Å²) in [4.78, 5) is 0. The Morgan fingerprint density at radius 1 is 1.11 bits per heavy atom. The number of ether oxygens (including phenoxy) is 1. The molecule has 0 heterocycles. The molecule has 2 N–H and O–H groups in total. The highest BCUT2D eigenvalue weighted by Gasteiger charge is 2.09. The van der Waals surface area contributed by atoms with Gasteiger partial charge in [-0.3, -0.25) is 0 Å². The molecule has 0 bridgehead atoms. The van der Waals surface area contributed by atoms with Gasteiger partial charge in [0.2, 0.25) is 0 Å². The summed E-state index contributed by atoms with van der Waals surface area (Å²) in [5.41, 5.74) is 0.445. The average molecular weight is 248 g/mol. The molecule has 0 radical (unpaired) electrons. The van der Waals surface area contributed by atoms with Gasteiger partial charge in [-0.15, -0.1) is 0 Å². The first kappa shape index (κ1) is 16.5. The van der Waals surface area contributed by atoms with Crippen LogP contribution < -0.4 is 10.2 Å². The van der Waals surface area contributed by atoms with E-state index in [9.17, 15) is 0 Å². The van der Waals surface area contributed by atoms with E-state index in [1.165, 1.54) is 0 Å². The second-order valence-electron chi connectivity index (χ2n) is 3.24. The van der Waals surface area contributed by atoms with Gasteiger partial charge in [-0.1, -0.05) is 32.1 Å². The third-order valence-electron chi connectivity index (χ3n) is 2.03. The van der Waals surface area contributed by atoms with Crippen LogP contribution in [0.2, 0.25) is 0 Å². The second kappa shape index (κ2) is 9.51.